The van der Waals surface area contributed by atoms with E-state index in [1.807, 2.05) is 0 Å². The van der Waals surface area contributed by atoms with Gasteiger partial charge in [-0.25, -0.2) is 4.79 Å². The van der Waals surface area contributed by atoms with Crippen LogP contribution in [0.25, 0.3) is 0 Å². The van der Waals surface area contributed by atoms with Crippen molar-refractivity contribution in [2.75, 3.05) is 19.0 Å². The number of amides is 1. The molecule has 1 aliphatic heterocycles. The Bertz CT molecular complexity index is 502. The molecule has 1 aliphatic rings. The maximum atomic E-state index is 12.0. The van der Waals surface area contributed by atoms with Gasteiger partial charge in [0.15, 0.2) is 0 Å². The van der Waals surface area contributed by atoms with Crippen LogP contribution in [0.1, 0.15) is 23.2 Å². The number of esters is 1. The van der Waals surface area contributed by atoms with E-state index in [9.17, 15) is 9.59 Å². The van der Waals surface area contributed by atoms with E-state index in [2.05, 4.69) is 15.4 Å². The van der Waals surface area contributed by atoms with E-state index in [1.54, 1.807) is 12.1 Å². The van der Waals surface area contributed by atoms with Crippen molar-refractivity contribution in [3.8, 4) is 0 Å². The van der Waals surface area contributed by atoms with E-state index >= 15 is 0 Å². The van der Waals surface area contributed by atoms with Crippen LogP contribution in [-0.2, 0) is 9.53 Å². The Kier molecular flexibility index (Phi) is 6.26. The first kappa shape index (κ1) is 16.8. The zero-order chi connectivity index (χ0) is 13.8. The number of halogens is 2. The molecule has 20 heavy (non-hydrogen) atoms. The number of carbonyl (C=O) groups excluding carboxylic acids is 2. The molecule has 1 fully saturated rings. The fourth-order valence-electron chi connectivity index (χ4n) is 2.03. The average Bonchev–Trinajstić information content (AvgIpc) is 2.94. The van der Waals surface area contributed by atoms with Crippen LogP contribution in [0.3, 0.4) is 0 Å². The van der Waals surface area contributed by atoms with Gasteiger partial charge in [0.2, 0.25) is 5.91 Å². The Labute approximate surface area is 128 Å². The monoisotopic (exact) mass is 318 g/mol. The highest BCUT2D eigenvalue weighted by Gasteiger charge is 2.23. The topological polar surface area (TPSA) is 67.4 Å². The van der Waals surface area contributed by atoms with Gasteiger partial charge >= 0.3 is 5.97 Å². The molecule has 1 aromatic carbocycles. The minimum atomic E-state index is -0.530. The zero-order valence-electron chi connectivity index (χ0n) is 10.9. The molecule has 2 rings (SSSR count). The van der Waals surface area contributed by atoms with Crippen LogP contribution in [0.15, 0.2) is 18.2 Å². The number of nitrogens with one attached hydrogen (secondary N) is 2. The zero-order valence-corrected chi connectivity index (χ0v) is 12.5. The van der Waals surface area contributed by atoms with Crippen molar-refractivity contribution in [1.29, 1.82) is 0 Å². The molecule has 0 aromatic heterocycles. The number of hydrogen-bond donors (Lipinski definition) is 2. The summed E-state index contributed by atoms with van der Waals surface area (Å²) in [6, 6.07) is 4.49. The molecule has 5 nitrogen and oxygen atoms in total. The molecule has 1 heterocycles. The molecule has 1 saturated heterocycles. The third-order valence-electron chi connectivity index (χ3n) is 3.02. The molecule has 1 aromatic rings. The largest absolute Gasteiger partial charge is 0.465 e. The lowest BCUT2D eigenvalue weighted by Gasteiger charge is -2.13. The van der Waals surface area contributed by atoms with Crippen LogP contribution < -0.4 is 10.6 Å². The van der Waals surface area contributed by atoms with E-state index < -0.39 is 5.97 Å². The second-order valence-corrected chi connectivity index (χ2v) is 4.76. The molecule has 0 aliphatic carbocycles. The number of methoxy groups -OCH3 is 1. The van der Waals surface area contributed by atoms with Crippen LogP contribution >= 0.6 is 24.0 Å². The van der Waals surface area contributed by atoms with Gasteiger partial charge in [-0.05, 0) is 37.6 Å². The number of ether oxygens (including phenoxy) is 1. The first-order chi connectivity index (χ1) is 9.11. The van der Waals surface area contributed by atoms with E-state index in [-0.39, 0.29) is 29.9 Å². The Morgan fingerprint density at radius 2 is 2.20 bits per heavy atom. The predicted molar refractivity (Wildman–Crippen MR) is 79.7 cm³/mol. The molecule has 2 N–H and O–H groups in total. The van der Waals surface area contributed by atoms with Crippen LogP contribution in [0.2, 0.25) is 5.02 Å². The van der Waals surface area contributed by atoms with E-state index in [0.29, 0.717) is 10.7 Å². The Balaban J connectivity index is 0.00000200. The van der Waals surface area contributed by atoms with Crippen molar-refractivity contribution < 1.29 is 14.3 Å². The summed E-state index contributed by atoms with van der Waals surface area (Å²) in [7, 11) is 1.29. The van der Waals surface area contributed by atoms with Crippen LogP contribution in [0.5, 0.6) is 0 Å². The fourth-order valence-corrected chi connectivity index (χ4v) is 2.20. The van der Waals surface area contributed by atoms with Crippen LogP contribution in [0.4, 0.5) is 5.69 Å². The summed E-state index contributed by atoms with van der Waals surface area (Å²) in [5.74, 6) is -0.679. The summed E-state index contributed by atoms with van der Waals surface area (Å²) >= 11 is 5.85. The maximum absolute atomic E-state index is 12.0. The molecule has 1 amide bonds. The van der Waals surface area contributed by atoms with Gasteiger partial charge in [-0.3, -0.25) is 4.79 Å². The lowest BCUT2D eigenvalue weighted by Crippen LogP contribution is -2.35. The quantitative estimate of drug-likeness (QED) is 0.839. The Morgan fingerprint density at radius 1 is 1.45 bits per heavy atom. The van der Waals surface area contributed by atoms with Gasteiger partial charge in [0.25, 0.3) is 0 Å². The van der Waals surface area contributed by atoms with Crippen molar-refractivity contribution in [3.63, 3.8) is 0 Å². The summed E-state index contributed by atoms with van der Waals surface area (Å²) in [6.45, 7) is 0.836. The van der Waals surface area contributed by atoms with Crippen molar-refractivity contribution in [2.24, 2.45) is 0 Å². The van der Waals surface area contributed by atoms with Gasteiger partial charge < -0.3 is 15.4 Å². The van der Waals surface area contributed by atoms with E-state index in [4.69, 9.17) is 11.6 Å². The lowest BCUT2D eigenvalue weighted by atomic mass is 10.1. The molecule has 7 heteroatoms. The maximum Gasteiger partial charge on any atom is 0.340 e. The highest BCUT2D eigenvalue weighted by molar-refractivity contribution is 6.31. The normalized spacial score (nSPS) is 17.2. The number of hydrogen-bond acceptors (Lipinski definition) is 4. The van der Waals surface area contributed by atoms with Crippen molar-refractivity contribution in [1.82, 2.24) is 5.32 Å². The van der Waals surface area contributed by atoms with Gasteiger partial charge in [0.05, 0.1) is 24.4 Å². The molecular formula is C13H16Cl2N2O3. The number of rotatable bonds is 3. The smallest absolute Gasteiger partial charge is 0.340 e. The van der Waals surface area contributed by atoms with E-state index in [1.165, 1.54) is 13.2 Å². The Morgan fingerprint density at radius 3 is 2.80 bits per heavy atom. The minimum absolute atomic E-state index is 0. The van der Waals surface area contributed by atoms with Crippen molar-refractivity contribution in [2.45, 2.75) is 18.9 Å². The average molecular weight is 319 g/mol. The third kappa shape index (κ3) is 3.85. The van der Waals surface area contributed by atoms with Gasteiger partial charge in [-0.2, -0.15) is 0 Å². The highest BCUT2D eigenvalue weighted by Crippen LogP contribution is 2.22. The standard InChI is InChI=1S/C13H15ClN2O3.ClH/c1-19-13(18)9-7-8(14)4-5-10(9)16-12(17)11-3-2-6-15-11;/h4-5,7,11,15H,2-3,6H2,1H3,(H,16,17);1H/t11-;/m1./s1. The van der Waals surface area contributed by atoms with Gasteiger partial charge in [0.1, 0.15) is 0 Å². The predicted octanol–water partition coefficient (Wildman–Crippen LogP) is 2.24. The number of carbonyl (C=O) groups is 2. The first-order valence-electron chi connectivity index (χ1n) is 6.04. The second kappa shape index (κ2) is 7.47. The number of anilines is 1. The summed E-state index contributed by atoms with van der Waals surface area (Å²) in [5, 5.41) is 6.24. The summed E-state index contributed by atoms with van der Waals surface area (Å²) in [6.07, 6.45) is 1.77. The second-order valence-electron chi connectivity index (χ2n) is 4.32. The molecule has 0 unspecified atom stereocenters. The van der Waals surface area contributed by atoms with Crippen molar-refractivity contribution in [3.05, 3.63) is 28.8 Å². The molecule has 0 saturated carbocycles. The highest BCUT2D eigenvalue weighted by atomic mass is 35.5. The van der Waals surface area contributed by atoms with Crippen LogP contribution in [-0.4, -0.2) is 31.6 Å². The summed E-state index contributed by atoms with van der Waals surface area (Å²) < 4.78 is 4.67. The molecule has 0 bridgehead atoms. The molecule has 110 valence electrons. The van der Waals surface area contributed by atoms with Gasteiger partial charge in [-0.1, -0.05) is 11.6 Å². The SMILES string of the molecule is COC(=O)c1cc(Cl)ccc1NC(=O)[C@H]1CCCN1.Cl. The van der Waals surface area contributed by atoms with Gasteiger partial charge in [-0.15, -0.1) is 12.4 Å². The molecule has 0 spiro atoms. The first-order valence-corrected chi connectivity index (χ1v) is 6.41. The summed E-state index contributed by atoms with van der Waals surface area (Å²) in [4.78, 5) is 23.6. The van der Waals surface area contributed by atoms with Crippen LogP contribution in [0, 0.1) is 0 Å². The van der Waals surface area contributed by atoms with Crippen molar-refractivity contribution >= 4 is 41.6 Å². The minimum Gasteiger partial charge on any atom is -0.465 e. The van der Waals surface area contributed by atoms with Gasteiger partial charge in [0, 0.05) is 5.02 Å². The summed E-state index contributed by atoms with van der Waals surface area (Å²) in [5.41, 5.74) is 0.663. The third-order valence-corrected chi connectivity index (χ3v) is 3.26. The fraction of sp³-hybridized carbons (Fsp3) is 0.385. The number of benzene rings is 1. The lowest BCUT2D eigenvalue weighted by molar-refractivity contribution is -0.117. The molecule has 1 atom stereocenters. The van der Waals surface area contributed by atoms with E-state index in [0.717, 1.165) is 19.4 Å². The Hall–Kier alpha value is -1.30. The molecular weight excluding hydrogens is 303 g/mol. The molecule has 0 radical (unpaired) electrons.